The normalized spacial score (nSPS) is 10.9. The van der Waals surface area contributed by atoms with Crippen LogP contribution in [0.15, 0.2) is 53.4 Å². The lowest BCUT2D eigenvalue weighted by Crippen LogP contribution is -2.29. The molecule has 0 amide bonds. The summed E-state index contributed by atoms with van der Waals surface area (Å²) in [5, 5.41) is 0. The molecule has 2 rings (SSSR count). The summed E-state index contributed by atoms with van der Waals surface area (Å²) in [7, 11) is 0. The van der Waals surface area contributed by atoms with Crippen molar-refractivity contribution < 1.29 is 9.53 Å². The van der Waals surface area contributed by atoms with Gasteiger partial charge < -0.3 is 4.74 Å². The first kappa shape index (κ1) is 18.1. The highest BCUT2D eigenvalue weighted by atomic mass is 32.2. The molecule has 0 spiro atoms. The van der Waals surface area contributed by atoms with Gasteiger partial charge >= 0.3 is 5.97 Å². The van der Waals surface area contributed by atoms with Crippen LogP contribution in [0.4, 0.5) is 0 Å². The Morgan fingerprint density at radius 1 is 1.08 bits per heavy atom. The van der Waals surface area contributed by atoms with E-state index in [1.807, 2.05) is 69.3 Å². The molecule has 1 N–H and O–H groups in total. The maximum Gasteiger partial charge on any atom is 0.321 e. The number of hydrogen-bond acceptors (Lipinski definition) is 4. The standard InChI is InChI=1S/C20H21NO2S/c1-5-15-6-8-16(9-7-15)17-10-12-18(13-11-17)24-21-14-19(22)23-20(2,3)4/h1,6-13,21H,14H2,2-4H3. The monoisotopic (exact) mass is 339 g/mol. The van der Waals surface area contributed by atoms with Crippen LogP contribution in [0.3, 0.4) is 0 Å². The molecule has 24 heavy (non-hydrogen) atoms. The summed E-state index contributed by atoms with van der Waals surface area (Å²) >= 11 is 1.41. The van der Waals surface area contributed by atoms with Crippen molar-refractivity contribution in [1.29, 1.82) is 0 Å². The third-order valence-corrected chi connectivity index (χ3v) is 3.86. The minimum Gasteiger partial charge on any atom is -0.459 e. The Bertz CT molecular complexity index is 722. The third kappa shape index (κ3) is 5.77. The fourth-order valence-electron chi connectivity index (χ4n) is 2.03. The molecule has 4 heteroatoms. The Kier molecular flexibility index (Phi) is 6.08. The van der Waals surface area contributed by atoms with E-state index >= 15 is 0 Å². The molecule has 0 saturated heterocycles. The van der Waals surface area contributed by atoms with Gasteiger partial charge in [-0.2, -0.15) is 0 Å². The second-order valence-corrected chi connectivity index (χ2v) is 7.22. The SMILES string of the molecule is C#Cc1ccc(-c2ccc(SNCC(=O)OC(C)(C)C)cc2)cc1. The first-order valence-corrected chi connectivity index (χ1v) is 8.48. The Balaban J connectivity index is 1.88. The van der Waals surface area contributed by atoms with Crippen molar-refractivity contribution in [2.24, 2.45) is 0 Å². The van der Waals surface area contributed by atoms with Crippen molar-refractivity contribution in [3.05, 3.63) is 54.1 Å². The summed E-state index contributed by atoms with van der Waals surface area (Å²) in [4.78, 5) is 12.7. The summed E-state index contributed by atoms with van der Waals surface area (Å²) in [6, 6.07) is 16.0. The predicted octanol–water partition coefficient (Wildman–Crippen LogP) is 4.27. The van der Waals surface area contributed by atoms with Crippen LogP contribution in [0.1, 0.15) is 26.3 Å². The molecule has 0 radical (unpaired) electrons. The van der Waals surface area contributed by atoms with Gasteiger partial charge in [0.1, 0.15) is 12.1 Å². The van der Waals surface area contributed by atoms with Crippen molar-refractivity contribution in [3.63, 3.8) is 0 Å². The van der Waals surface area contributed by atoms with E-state index in [9.17, 15) is 4.79 Å². The van der Waals surface area contributed by atoms with E-state index < -0.39 is 5.60 Å². The molecule has 0 unspecified atom stereocenters. The van der Waals surface area contributed by atoms with Crippen molar-refractivity contribution >= 4 is 17.9 Å². The number of ether oxygens (including phenoxy) is 1. The van der Waals surface area contributed by atoms with Crippen LogP contribution in [-0.4, -0.2) is 18.1 Å². The first-order chi connectivity index (χ1) is 11.4. The molecule has 0 saturated carbocycles. The Morgan fingerprint density at radius 3 is 2.12 bits per heavy atom. The van der Waals surface area contributed by atoms with Crippen molar-refractivity contribution in [1.82, 2.24) is 4.72 Å². The maximum absolute atomic E-state index is 11.6. The van der Waals surface area contributed by atoms with Crippen LogP contribution in [-0.2, 0) is 9.53 Å². The molecule has 0 fully saturated rings. The summed E-state index contributed by atoms with van der Waals surface area (Å²) < 4.78 is 8.26. The zero-order chi connectivity index (χ0) is 17.6. The van der Waals surface area contributed by atoms with Gasteiger partial charge in [-0.15, -0.1) is 6.42 Å². The predicted molar refractivity (Wildman–Crippen MR) is 99.5 cm³/mol. The van der Waals surface area contributed by atoms with E-state index in [1.165, 1.54) is 11.9 Å². The molecule has 0 aliphatic rings. The van der Waals surface area contributed by atoms with E-state index in [0.29, 0.717) is 0 Å². The number of nitrogens with one attached hydrogen (secondary N) is 1. The van der Waals surface area contributed by atoms with Gasteiger partial charge in [0, 0.05) is 10.5 Å². The molecule has 0 aliphatic carbocycles. The lowest BCUT2D eigenvalue weighted by Gasteiger charge is -2.19. The van der Waals surface area contributed by atoms with Crippen LogP contribution < -0.4 is 4.72 Å². The van der Waals surface area contributed by atoms with Gasteiger partial charge in [-0.3, -0.25) is 4.79 Å². The van der Waals surface area contributed by atoms with Crippen LogP contribution in [0.25, 0.3) is 11.1 Å². The molecule has 0 atom stereocenters. The molecule has 3 nitrogen and oxygen atoms in total. The molecular weight excluding hydrogens is 318 g/mol. The van der Waals surface area contributed by atoms with E-state index in [1.54, 1.807) is 0 Å². The van der Waals surface area contributed by atoms with Crippen LogP contribution >= 0.6 is 11.9 Å². The summed E-state index contributed by atoms with van der Waals surface area (Å²) in [6.07, 6.45) is 5.37. The number of esters is 1. The lowest BCUT2D eigenvalue weighted by molar-refractivity contribution is -0.153. The van der Waals surface area contributed by atoms with Gasteiger partial charge in [0.05, 0.1) is 0 Å². The Hall–Kier alpha value is -2.22. The highest BCUT2D eigenvalue weighted by Crippen LogP contribution is 2.23. The molecule has 0 aromatic heterocycles. The Morgan fingerprint density at radius 2 is 1.62 bits per heavy atom. The van der Waals surface area contributed by atoms with Gasteiger partial charge in [0.15, 0.2) is 0 Å². The first-order valence-electron chi connectivity index (χ1n) is 7.66. The van der Waals surface area contributed by atoms with Gasteiger partial charge in [-0.1, -0.05) is 30.2 Å². The average molecular weight is 339 g/mol. The second-order valence-electron chi connectivity index (χ2n) is 6.26. The molecule has 0 bridgehead atoms. The molecule has 124 valence electrons. The molecule has 2 aromatic rings. The molecular formula is C20H21NO2S. The Labute approximate surface area is 147 Å². The summed E-state index contributed by atoms with van der Waals surface area (Å²) in [5.74, 6) is 2.35. The number of terminal acetylenes is 1. The maximum atomic E-state index is 11.6. The fourth-order valence-corrected chi connectivity index (χ4v) is 2.66. The second kappa shape index (κ2) is 8.05. The van der Waals surface area contributed by atoms with E-state index in [2.05, 4.69) is 10.6 Å². The zero-order valence-corrected chi connectivity index (χ0v) is 14.9. The molecule has 0 heterocycles. The topological polar surface area (TPSA) is 38.3 Å². The van der Waals surface area contributed by atoms with Crippen LogP contribution in [0.5, 0.6) is 0 Å². The van der Waals surface area contributed by atoms with Gasteiger partial charge in [0.25, 0.3) is 0 Å². The van der Waals surface area contributed by atoms with Gasteiger partial charge in [-0.25, -0.2) is 4.72 Å². The highest BCUT2D eigenvalue weighted by Gasteiger charge is 2.15. The molecule has 2 aromatic carbocycles. The van der Waals surface area contributed by atoms with E-state index in [-0.39, 0.29) is 12.5 Å². The highest BCUT2D eigenvalue weighted by molar-refractivity contribution is 7.97. The number of carbonyl (C=O) groups excluding carboxylic acids is 1. The third-order valence-electron chi connectivity index (χ3n) is 3.07. The van der Waals surface area contributed by atoms with Gasteiger partial charge in [0.2, 0.25) is 0 Å². The number of carbonyl (C=O) groups is 1. The number of rotatable bonds is 5. The minimum absolute atomic E-state index is 0.164. The minimum atomic E-state index is -0.458. The summed E-state index contributed by atoms with van der Waals surface area (Å²) in [6.45, 7) is 5.73. The van der Waals surface area contributed by atoms with Crippen LogP contribution in [0, 0.1) is 12.3 Å². The van der Waals surface area contributed by atoms with Crippen molar-refractivity contribution in [2.75, 3.05) is 6.54 Å². The van der Waals surface area contributed by atoms with Crippen molar-refractivity contribution in [2.45, 2.75) is 31.3 Å². The quantitative estimate of drug-likeness (QED) is 0.501. The fraction of sp³-hybridized carbons (Fsp3) is 0.250. The zero-order valence-electron chi connectivity index (χ0n) is 14.1. The number of benzene rings is 2. The van der Waals surface area contributed by atoms with Crippen molar-refractivity contribution in [3.8, 4) is 23.5 Å². The lowest BCUT2D eigenvalue weighted by atomic mass is 10.0. The smallest absolute Gasteiger partial charge is 0.321 e. The number of hydrogen-bond donors (Lipinski definition) is 1. The average Bonchev–Trinajstić information content (AvgIpc) is 2.54. The van der Waals surface area contributed by atoms with Crippen LogP contribution in [0.2, 0.25) is 0 Å². The molecule has 0 aliphatic heterocycles. The van der Waals surface area contributed by atoms with E-state index in [0.717, 1.165) is 21.6 Å². The van der Waals surface area contributed by atoms with E-state index in [4.69, 9.17) is 11.2 Å². The van der Waals surface area contributed by atoms with Gasteiger partial charge in [-0.05, 0) is 68.1 Å². The largest absolute Gasteiger partial charge is 0.459 e. The summed E-state index contributed by atoms with van der Waals surface area (Å²) in [5.41, 5.74) is 2.65.